The van der Waals surface area contributed by atoms with Gasteiger partial charge >= 0.3 is 6.03 Å². The normalized spacial score (nSPS) is 17.9. The van der Waals surface area contributed by atoms with Crippen LogP contribution in [-0.2, 0) is 4.84 Å². The minimum Gasteiger partial charge on any atom is -0.324 e. The van der Waals surface area contributed by atoms with Gasteiger partial charge in [-0.2, -0.15) is 0 Å². The van der Waals surface area contributed by atoms with Crippen molar-refractivity contribution in [1.29, 1.82) is 0 Å². The van der Waals surface area contributed by atoms with E-state index in [4.69, 9.17) is 16.4 Å². The topological polar surface area (TPSA) is 53.6 Å². The van der Waals surface area contributed by atoms with Gasteiger partial charge in [-0.25, -0.2) is 4.79 Å². The molecule has 5 nitrogen and oxygen atoms in total. The summed E-state index contributed by atoms with van der Waals surface area (Å²) in [5.74, 6) is 0. The number of urea groups is 1. The number of hydrogen-bond acceptors (Lipinski definition) is 4. The van der Waals surface area contributed by atoms with E-state index in [0.29, 0.717) is 18.1 Å². The van der Waals surface area contributed by atoms with E-state index in [1.54, 1.807) is 11.8 Å². The van der Waals surface area contributed by atoms with Crippen molar-refractivity contribution in [3.8, 4) is 0 Å². The number of carbonyl (C=O) groups excluding carboxylic acids is 1. The van der Waals surface area contributed by atoms with Crippen LogP contribution in [0.15, 0.2) is 59.5 Å². The Morgan fingerprint density at radius 1 is 1.14 bits per heavy atom. The average molecular weight is 416 g/mol. The predicted octanol–water partition coefficient (Wildman–Crippen LogP) is 5.00. The second-order valence-electron chi connectivity index (χ2n) is 6.98. The van der Waals surface area contributed by atoms with Crippen molar-refractivity contribution in [3.05, 3.63) is 65.2 Å². The molecule has 0 atom stereocenters. The van der Waals surface area contributed by atoms with Crippen LogP contribution < -0.4 is 10.8 Å². The number of carbonyl (C=O) groups is 1. The lowest BCUT2D eigenvalue weighted by molar-refractivity contribution is -0.0634. The van der Waals surface area contributed by atoms with E-state index in [1.807, 2.05) is 59.7 Å². The Morgan fingerprint density at radius 3 is 2.46 bits per heavy atom. The summed E-state index contributed by atoms with van der Waals surface area (Å²) in [7, 11) is 0. The summed E-state index contributed by atoms with van der Waals surface area (Å²) in [4.78, 5) is 21.5. The van der Waals surface area contributed by atoms with Crippen LogP contribution in [0.4, 0.5) is 10.5 Å². The maximum absolute atomic E-state index is 12.6. The highest BCUT2D eigenvalue weighted by Crippen LogP contribution is 2.35. The van der Waals surface area contributed by atoms with Gasteiger partial charge in [0.25, 0.3) is 0 Å². The van der Waals surface area contributed by atoms with Crippen molar-refractivity contribution >= 4 is 40.8 Å². The number of hydrogen-bond donors (Lipinski definition) is 2. The zero-order chi connectivity index (χ0) is 19.6. The highest BCUT2D eigenvalue weighted by molar-refractivity contribution is 7.98. The molecule has 0 aromatic heterocycles. The number of amides is 2. The number of thioether (sulfide) groups is 1. The molecule has 1 fully saturated rings. The van der Waals surface area contributed by atoms with Crippen LogP contribution in [-0.4, -0.2) is 35.9 Å². The van der Waals surface area contributed by atoms with E-state index in [-0.39, 0.29) is 11.6 Å². The van der Waals surface area contributed by atoms with E-state index in [0.717, 1.165) is 29.8 Å². The van der Waals surface area contributed by atoms with Crippen LogP contribution in [0.5, 0.6) is 0 Å². The fourth-order valence-corrected chi connectivity index (χ4v) is 4.00. The first kappa shape index (κ1) is 19.2. The van der Waals surface area contributed by atoms with Gasteiger partial charge in [-0.05, 0) is 54.3 Å². The van der Waals surface area contributed by atoms with Gasteiger partial charge in [-0.3, -0.25) is 10.3 Å². The van der Waals surface area contributed by atoms with E-state index in [1.165, 1.54) is 4.90 Å². The summed E-state index contributed by atoms with van der Waals surface area (Å²) in [6, 6.07) is 15.5. The number of benzene rings is 2. The van der Waals surface area contributed by atoms with E-state index < -0.39 is 0 Å². The van der Waals surface area contributed by atoms with E-state index >= 15 is 0 Å². The number of anilines is 1. The van der Waals surface area contributed by atoms with Crippen molar-refractivity contribution in [2.75, 3.05) is 24.7 Å². The monoisotopic (exact) mass is 415 g/mol. The molecule has 28 heavy (non-hydrogen) atoms. The maximum Gasteiger partial charge on any atom is 0.321 e. The van der Waals surface area contributed by atoms with Gasteiger partial charge in [0.1, 0.15) is 5.60 Å². The first-order valence-corrected chi connectivity index (χ1v) is 10.8. The smallest absolute Gasteiger partial charge is 0.321 e. The van der Waals surface area contributed by atoms with Crippen molar-refractivity contribution < 1.29 is 9.63 Å². The minimum atomic E-state index is -0.369. The summed E-state index contributed by atoms with van der Waals surface area (Å²) < 4.78 is 0. The molecule has 0 saturated carbocycles. The van der Waals surface area contributed by atoms with Gasteiger partial charge < -0.3 is 10.2 Å². The molecule has 0 radical (unpaired) electrons. The molecule has 2 aromatic rings. The average Bonchev–Trinajstić information content (AvgIpc) is 3.13. The Hall–Kier alpha value is -2.15. The zero-order valence-corrected chi connectivity index (χ0v) is 17.1. The third-order valence-corrected chi connectivity index (χ3v) is 6.16. The van der Waals surface area contributed by atoms with Crippen LogP contribution >= 0.6 is 23.4 Å². The second-order valence-corrected chi connectivity index (χ2v) is 8.30. The molecule has 146 valence electrons. The number of nitrogens with one attached hydrogen (secondary N) is 2. The first-order valence-electron chi connectivity index (χ1n) is 9.20. The lowest BCUT2D eigenvalue weighted by Gasteiger charge is -2.36. The molecule has 2 heterocycles. The third-order valence-electron chi connectivity index (χ3n) is 5.17. The number of halogens is 1. The summed E-state index contributed by atoms with van der Waals surface area (Å²) in [6.07, 6.45) is 5.66. The van der Waals surface area contributed by atoms with Crippen LogP contribution in [0.25, 0.3) is 5.70 Å². The molecule has 7 heteroatoms. The minimum absolute atomic E-state index is 0.0698. The van der Waals surface area contributed by atoms with Crippen molar-refractivity contribution in [2.24, 2.45) is 0 Å². The van der Waals surface area contributed by atoms with Crippen molar-refractivity contribution in [1.82, 2.24) is 10.4 Å². The highest BCUT2D eigenvalue weighted by Gasteiger charge is 2.39. The number of nitrogens with zero attached hydrogens (tertiary/aromatic N) is 1. The lowest BCUT2D eigenvalue weighted by Crippen LogP contribution is -2.48. The molecule has 0 unspecified atom stereocenters. The molecule has 2 amide bonds. The van der Waals surface area contributed by atoms with Crippen molar-refractivity contribution in [3.63, 3.8) is 0 Å². The standard InChI is InChI=1S/C21H22ClN3O2S/c1-28-18-8-6-17(7-9-18)23-20(26)25-12-10-21(11-13-25)14-19(24-27-21)15-2-4-16(22)5-3-15/h2-9,14,24H,10-13H2,1H3,(H,23,26). The Kier molecular flexibility index (Phi) is 5.53. The molecule has 2 aliphatic heterocycles. The maximum atomic E-state index is 12.6. The summed E-state index contributed by atoms with van der Waals surface area (Å²) in [5, 5.41) is 3.68. The van der Waals surface area contributed by atoms with Gasteiger partial charge in [0.05, 0.1) is 5.70 Å². The van der Waals surface area contributed by atoms with Crippen molar-refractivity contribution in [2.45, 2.75) is 23.3 Å². The fourth-order valence-electron chi connectivity index (χ4n) is 3.46. The first-order chi connectivity index (χ1) is 13.6. The van der Waals surface area contributed by atoms with Crippen LogP contribution in [0.1, 0.15) is 18.4 Å². The lowest BCUT2D eigenvalue weighted by atomic mass is 9.90. The molecule has 2 aromatic carbocycles. The Bertz CT molecular complexity index is 876. The highest BCUT2D eigenvalue weighted by atomic mass is 35.5. The fraction of sp³-hybridized carbons (Fsp3) is 0.286. The van der Waals surface area contributed by atoms with Crippen LogP contribution in [0.3, 0.4) is 0 Å². The van der Waals surface area contributed by atoms with Gasteiger partial charge in [-0.15, -0.1) is 11.8 Å². The zero-order valence-electron chi connectivity index (χ0n) is 15.6. The Balaban J connectivity index is 1.36. The van der Waals surface area contributed by atoms with Crippen LogP contribution in [0.2, 0.25) is 5.02 Å². The van der Waals surface area contributed by atoms with Gasteiger partial charge in [0.15, 0.2) is 0 Å². The predicted molar refractivity (Wildman–Crippen MR) is 114 cm³/mol. The quantitative estimate of drug-likeness (QED) is 0.692. The molecule has 2 N–H and O–H groups in total. The van der Waals surface area contributed by atoms with E-state index in [9.17, 15) is 4.79 Å². The summed E-state index contributed by atoms with van der Waals surface area (Å²) in [5.41, 5.74) is 5.47. The van der Waals surface area contributed by atoms with Gasteiger partial charge in [0.2, 0.25) is 0 Å². The molecular weight excluding hydrogens is 394 g/mol. The molecule has 1 spiro atoms. The largest absolute Gasteiger partial charge is 0.324 e. The number of piperidine rings is 1. The number of hydroxylamine groups is 1. The van der Waals surface area contributed by atoms with Crippen LogP contribution in [0, 0.1) is 0 Å². The third kappa shape index (κ3) is 4.14. The molecule has 1 saturated heterocycles. The second kappa shape index (κ2) is 8.07. The molecule has 4 rings (SSSR count). The van der Waals surface area contributed by atoms with Gasteiger partial charge in [0, 0.05) is 41.5 Å². The summed E-state index contributed by atoms with van der Waals surface area (Å²) >= 11 is 7.64. The Labute approximate surface area is 174 Å². The number of rotatable bonds is 3. The molecule has 0 aliphatic carbocycles. The molecule has 0 bridgehead atoms. The van der Waals surface area contributed by atoms with Gasteiger partial charge in [-0.1, -0.05) is 23.7 Å². The molecular formula is C21H22ClN3O2S. The SMILES string of the molecule is CSc1ccc(NC(=O)N2CCC3(C=C(c4ccc(Cl)cc4)NO3)CC2)cc1. The Morgan fingerprint density at radius 2 is 1.82 bits per heavy atom. The van der Waals surface area contributed by atoms with E-state index in [2.05, 4.69) is 16.9 Å². The number of likely N-dealkylation sites (tertiary alicyclic amines) is 1. The summed E-state index contributed by atoms with van der Waals surface area (Å²) in [6.45, 7) is 1.28. The molecule has 2 aliphatic rings.